The number of nitrogens with zero attached hydrogens (tertiary/aromatic N) is 5. The van der Waals surface area contributed by atoms with E-state index in [9.17, 15) is 0 Å². The van der Waals surface area contributed by atoms with Crippen LogP contribution in [0.2, 0.25) is 0 Å². The lowest BCUT2D eigenvalue weighted by Gasteiger charge is -2.28. The Hall–Kier alpha value is -0.940. The van der Waals surface area contributed by atoms with E-state index in [0.717, 1.165) is 31.9 Å². The highest BCUT2D eigenvalue weighted by atomic mass is 15.3. The van der Waals surface area contributed by atoms with Gasteiger partial charge >= 0.3 is 0 Å². The third kappa shape index (κ3) is 4.01. The zero-order chi connectivity index (χ0) is 13.7. The zero-order valence-corrected chi connectivity index (χ0v) is 12.5. The summed E-state index contributed by atoms with van der Waals surface area (Å²) in [4.78, 5) is 4.95. The lowest BCUT2D eigenvalue weighted by Crippen LogP contribution is -2.39. The number of hydrogen-bond donors (Lipinski definition) is 0. The van der Waals surface area contributed by atoms with Gasteiger partial charge in [-0.3, -0.25) is 9.80 Å². The number of aromatic nitrogens is 3. The summed E-state index contributed by atoms with van der Waals surface area (Å²) in [5.41, 5.74) is 0. The van der Waals surface area contributed by atoms with Gasteiger partial charge in [0.2, 0.25) is 0 Å². The minimum atomic E-state index is 0.634. The summed E-state index contributed by atoms with van der Waals surface area (Å²) in [7, 11) is 2.18. The van der Waals surface area contributed by atoms with E-state index in [4.69, 9.17) is 0 Å². The van der Waals surface area contributed by atoms with Crippen LogP contribution in [0.5, 0.6) is 0 Å². The highest BCUT2D eigenvalue weighted by Crippen LogP contribution is 2.12. The van der Waals surface area contributed by atoms with Crippen LogP contribution in [0, 0.1) is 0 Å². The van der Waals surface area contributed by atoms with Gasteiger partial charge in [0.25, 0.3) is 0 Å². The third-order valence-corrected chi connectivity index (χ3v) is 3.91. The van der Waals surface area contributed by atoms with Crippen molar-refractivity contribution >= 4 is 0 Å². The molecule has 2 heterocycles. The second-order valence-corrected chi connectivity index (χ2v) is 5.73. The molecule has 0 spiro atoms. The molecule has 0 N–H and O–H groups in total. The second-order valence-electron chi connectivity index (χ2n) is 5.73. The molecule has 1 aromatic heterocycles. The van der Waals surface area contributed by atoms with Crippen molar-refractivity contribution < 1.29 is 0 Å². The lowest BCUT2D eigenvalue weighted by atomic mass is 10.2. The van der Waals surface area contributed by atoms with Crippen molar-refractivity contribution in [2.75, 3.05) is 26.7 Å². The molecule has 1 atom stereocenters. The zero-order valence-electron chi connectivity index (χ0n) is 12.5. The fourth-order valence-corrected chi connectivity index (χ4v) is 2.88. The molecule has 1 fully saturated rings. The van der Waals surface area contributed by atoms with Crippen LogP contribution in [0.15, 0.2) is 6.33 Å². The Morgan fingerprint density at radius 2 is 2.11 bits per heavy atom. The van der Waals surface area contributed by atoms with Crippen molar-refractivity contribution in [2.24, 2.45) is 0 Å². The minimum absolute atomic E-state index is 0.634. The van der Waals surface area contributed by atoms with Crippen molar-refractivity contribution in [1.82, 2.24) is 24.6 Å². The molecule has 1 aromatic rings. The molecule has 0 radical (unpaired) electrons. The average molecular weight is 265 g/mol. The van der Waals surface area contributed by atoms with Gasteiger partial charge in [0, 0.05) is 19.1 Å². The van der Waals surface area contributed by atoms with Crippen molar-refractivity contribution in [3.05, 3.63) is 12.2 Å². The van der Waals surface area contributed by atoms with Crippen LogP contribution in [0.1, 0.15) is 38.9 Å². The summed E-state index contributed by atoms with van der Waals surface area (Å²) in [5.74, 6) is 1.08. The van der Waals surface area contributed by atoms with Gasteiger partial charge in [0.1, 0.15) is 12.2 Å². The van der Waals surface area contributed by atoms with Gasteiger partial charge < -0.3 is 4.57 Å². The maximum atomic E-state index is 4.24. The van der Waals surface area contributed by atoms with Gasteiger partial charge in [-0.15, -0.1) is 10.2 Å². The molecule has 108 valence electrons. The number of aryl methyl sites for hydroxylation is 1. The predicted octanol–water partition coefficient (Wildman–Crippen LogP) is 1.60. The molecule has 0 aromatic carbocycles. The fourth-order valence-electron chi connectivity index (χ4n) is 2.88. The lowest BCUT2D eigenvalue weighted by molar-refractivity contribution is 0.185. The monoisotopic (exact) mass is 265 g/mol. The summed E-state index contributed by atoms with van der Waals surface area (Å²) in [6.45, 7) is 10.0. The number of hydrogen-bond acceptors (Lipinski definition) is 4. The Morgan fingerprint density at radius 3 is 2.79 bits per heavy atom. The summed E-state index contributed by atoms with van der Waals surface area (Å²) >= 11 is 0. The van der Waals surface area contributed by atoms with Crippen molar-refractivity contribution in [1.29, 1.82) is 0 Å². The Balaban J connectivity index is 1.82. The minimum Gasteiger partial charge on any atom is -0.317 e. The second kappa shape index (κ2) is 7.01. The molecular formula is C14H27N5. The van der Waals surface area contributed by atoms with Crippen LogP contribution in [0.3, 0.4) is 0 Å². The molecular weight excluding hydrogens is 238 g/mol. The molecule has 1 aliphatic rings. The summed E-state index contributed by atoms with van der Waals surface area (Å²) in [6.07, 6.45) is 5.69. The molecule has 1 saturated heterocycles. The Bertz CT molecular complexity index is 370. The Labute approximate surface area is 116 Å². The predicted molar refractivity (Wildman–Crippen MR) is 76.9 cm³/mol. The molecule has 5 nitrogen and oxygen atoms in total. The molecule has 5 heteroatoms. The van der Waals surface area contributed by atoms with E-state index in [2.05, 4.69) is 45.5 Å². The summed E-state index contributed by atoms with van der Waals surface area (Å²) in [6, 6.07) is 0.634. The van der Waals surface area contributed by atoms with Gasteiger partial charge in [0.15, 0.2) is 0 Å². The molecule has 0 bridgehead atoms. The molecule has 0 aliphatic carbocycles. The highest BCUT2D eigenvalue weighted by molar-refractivity contribution is 4.86. The molecule has 1 aliphatic heterocycles. The third-order valence-electron chi connectivity index (χ3n) is 3.91. The van der Waals surface area contributed by atoms with Gasteiger partial charge in [-0.2, -0.15) is 0 Å². The van der Waals surface area contributed by atoms with Gasteiger partial charge in [-0.1, -0.05) is 6.92 Å². The molecule has 1 unspecified atom stereocenters. The number of likely N-dealkylation sites (N-methyl/N-ethyl adjacent to an activating group) is 1. The van der Waals surface area contributed by atoms with Crippen LogP contribution in [-0.2, 0) is 13.1 Å². The first-order valence-corrected chi connectivity index (χ1v) is 7.50. The maximum Gasteiger partial charge on any atom is 0.146 e. The quantitative estimate of drug-likeness (QED) is 0.750. The molecule has 2 rings (SSSR count). The van der Waals surface area contributed by atoms with Gasteiger partial charge in [-0.25, -0.2) is 0 Å². The summed E-state index contributed by atoms with van der Waals surface area (Å²) in [5, 5.41) is 8.26. The molecule has 0 amide bonds. The summed E-state index contributed by atoms with van der Waals surface area (Å²) < 4.78 is 2.16. The van der Waals surface area contributed by atoms with Crippen molar-refractivity contribution in [3.8, 4) is 0 Å². The van der Waals surface area contributed by atoms with Gasteiger partial charge in [-0.05, 0) is 46.3 Å². The first-order chi connectivity index (χ1) is 9.20. The van der Waals surface area contributed by atoms with Crippen LogP contribution >= 0.6 is 0 Å². The van der Waals surface area contributed by atoms with E-state index < -0.39 is 0 Å². The van der Waals surface area contributed by atoms with Crippen molar-refractivity contribution in [3.63, 3.8) is 0 Å². The first-order valence-electron chi connectivity index (χ1n) is 7.50. The first kappa shape index (κ1) is 14.5. The Kier molecular flexibility index (Phi) is 5.34. The number of likely N-dealkylation sites (tertiary alicyclic amines) is 1. The SMILES string of the molecule is CCCn1cnnc1CN(C)CC(C)N1CCCC1. The van der Waals surface area contributed by atoms with Crippen LogP contribution in [0.4, 0.5) is 0 Å². The normalized spacial score (nSPS) is 18.3. The van der Waals surface area contributed by atoms with E-state index in [1.165, 1.54) is 25.9 Å². The van der Waals surface area contributed by atoms with E-state index in [1.54, 1.807) is 0 Å². The molecule has 19 heavy (non-hydrogen) atoms. The average Bonchev–Trinajstić information content (AvgIpc) is 3.01. The van der Waals surface area contributed by atoms with Crippen LogP contribution < -0.4 is 0 Å². The van der Waals surface area contributed by atoms with E-state index >= 15 is 0 Å². The fraction of sp³-hybridized carbons (Fsp3) is 0.857. The standard InChI is InChI=1S/C14H27N5/c1-4-7-19-12-15-16-14(19)11-17(3)10-13(2)18-8-5-6-9-18/h12-13H,4-11H2,1-3H3. The molecule has 0 saturated carbocycles. The Morgan fingerprint density at radius 1 is 1.37 bits per heavy atom. The highest BCUT2D eigenvalue weighted by Gasteiger charge is 2.19. The van der Waals surface area contributed by atoms with E-state index in [-0.39, 0.29) is 0 Å². The number of rotatable bonds is 7. The van der Waals surface area contributed by atoms with Gasteiger partial charge in [0.05, 0.1) is 6.54 Å². The van der Waals surface area contributed by atoms with Crippen molar-refractivity contribution in [2.45, 2.75) is 52.2 Å². The van der Waals surface area contributed by atoms with Crippen LogP contribution in [-0.4, -0.2) is 57.3 Å². The topological polar surface area (TPSA) is 37.2 Å². The van der Waals surface area contributed by atoms with E-state index in [0.29, 0.717) is 6.04 Å². The van der Waals surface area contributed by atoms with Crippen LogP contribution in [0.25, 0.3) is 0 Å². The maximum absolute atomic E-state index is 4.24. The van der Waals surface area contributed by atoms with E-state index in [1.807, 2.05) is 6.33 Å². The largest absolute Gasteiger partial charge is 0.317 e. The smallest absolute Gasteiger partial charge is 0.146 e.